The molecular weight excluding hydrogens is 455 g/mol. The fraction of sp³-hybridized carbons (Fsp3) is 0.654. The normalized spacial score (nSPS) is 25.9. The molecule has 6 nitrogen and oxygen atoms in total. The number of carbonyl (C=O) groups is 1. The average molecular weight is 492 g/mol. The van der Waals surface area contributed by atoms with Crippen LogP contribution < -0.4 is 10.6 Å². The third kappa shape index (κ3) is 5.88. The molecule has 1 aromatic heterocycles. The highest BCUT2D eigenvalue weighted by Gasteiger charge is 2.42. The number of nitrogens with zero attached hydrogens (tertiary/aromatic N) is 3. The van der Waals surface area contributed by atoms with Crippen LogP contribution in [0.25, 0.3) is 10.9 Å². The summed E-state index contributed by atoms with van der Waals surface area (Å²) in [5.41, 5.74) is -0.297. The maximum Gasteiger partial charge on any atom is 0.416 e. The van der Waals surface area contributed by atoms with Crippen LogP contribution in [0.2, 0.25) is 0 Å². The minimum atomic E-state index is -4.46. The topological polar surface area (TPSA) is 70.2 Å². The zero-order valence-electron chi connectivity index (χ0n) is 21.0. The lowest BCUT2D eigenvalue weighted by Gasteiger charge is -2.43. The predicted molar refractivity (Wildman–Crippen MR) is 131 cm³/mol. The Bertz CT molecular complexity index is 1050. The number of likely N-dealkylation sites (tertiary alicyclic amines) is 1. The molecule has 1 aliphatic heterocycles. The summed E-state index contributed by atoms with van der Waals surface area (Å²) < 4.78 is 39.8. The minimum absolute atomic E-state index is 0.0112. The Morgan fingerprint density at radius 2 is 1.89 bits per heavy atom. The molecule has 192 valence electrons. The molecule has 2 fully saturated rings. The quantitative estimate of drug-likeness (QED) is 0.567. The van der Waals surface area contributed by atoms with Gasteiger partial charge in [-0.2, -0.15) is 13.2 Å². The fourth-order valence-electron chi connectivity index (χ4n) is 5.76. The van der Waals surface area contributed by atoms with Gasteiger partial charge in [0.2, 0.25) is 5.91 Å². The summed E-state index contributed by atoms with van der Waals surface area (Å²) in [6.07, 6.45) is 2.64. The first kappa shape index (κ1) is 25.7. The molecule has 2 aromatic rings. The molecule has 2 heterocycles. The minimum Gasteiger partial charge on any atom is -0.358 e. The summed E-state index contributed by atoms with van der Waals surface area (Å²) >= 11 is 0. The highest BCUT2D eigenvalue weighted by molar-refractivity contribution is 5.93. The predicted octanol–water partition coefficient (Wildman–Crippen LogP) is 5.39. The summed E-state index contributed by atoms with van der Waals surface area (Å²) in [5, 5.41) is 7.15. The molecule has 4 rings (SSSR count). The second-order valence-corrected chi connectivity index (χ2v) is 11.0. The average Bonchev–Trinajstić information content (AvgIpc) is 3.12. The van der Waals surface area contributed by atoms with Crippen LogP contribution in [-0.4, -0.2) is 51.0 Å². The van der Waals surface area contributed by atoms with Crippen molar-refractivity contribution in [2.45, 2.75) is 96.1 Å². The zero-order valence-corrected chi connectivity index (χ0v) is 21.0. The van der Waals surface area contributed by atoms with Gasteiger partial charge in [0.15, 0.2) is 0 Å². The molecule has 1 aromatic carbocycles. The van der Waals surface area contributed by atoms with Gasteiger partial charge in [0.25, 0.3) is 0 Å². The zero-order chi connectivity index (χ0) is 25.4. The van der Waals surface area contributed by atoms with Crippen LogP contribution in [0.5, 0.6) is 0 Å². The van der Waals surface area contributed by atoms with Gasteiger partial charge < -0.3 is 15.5 Å². The third-order valence-corrected chi connectivity index (χ3v) is 7.15. The van der Waals surface area contributed by atoms with E-state index in [1.165, 1.54) is 12.4 Å². The van der Waals surface area contributed by atoms with Gasteiger partial charge in [-0.05, 0) is 77.0 Å². The lowest BCUT2D eigenvalue weighted by molar-refractivity contribution is -0.137. The molecule has 1 unspecified atom stereocenters. The van der Waals surface area contributed by atoms with Crippen LogP contribution in [0.15, 0.2) is 24.5 Å². The monoisotopic (exact) mass is 491 g/mol. The van der Waals surface area contributed by atoms with Crippen molar-refractivity contribution in [2.75, 3.05) is 11.9 Å². The van der Waals surface area contributed by atoms with Crippen molar-refractivity contribution in [3.8, 4) is 0 Å². The van der Waals surface area contributed by atoms with Crippen molar-refractivity contribution >= 4 is 22.6 Å². The van der Waals surface area contributed by atoms with Crippen molar-refractivity contribution in [1.29, 1.82) is 0 Å². The second kappa shape index (κ2) is 9.91. The molecule has 0 bridgehead atoms. The first-order valence-electron chi connectivity index (χ1n) is 12.6. The van der Waals surface area contributed by atoms with E-state index in [0.717, 1.165) is 44.2 Å². The maximum absolute atomic E-state index is 13.5. The van der Waals surface area contributed by atoms with E-state index in [4.69, 9.17) is 0 Å². The van der Waals surface area contributed by atoms with Crippen molar-refractivity contribution in [1.82, 2.24) is 20.2 Å². The number of amides is 1. The summed E-state index contributed by atoms with van der Waals surface area (Å²) in [6, 6.07) is 3.55. The molecule has 1 aliphatic carbocycles. The summed E-state index contributed by atoms with van der Waals surface area (Å²) in [6.45, 7) is 9.38. The Morgan fingerprint density at radius 3 is 2.57 bits per heavy atom. The van der Waals surface area contributed by atoms with E-state index in [-0.39, 0.29) is 28.7 Å². The van der Waals surface area contributed by atoms with E-state index in [0.29, 0.717) is 30.4 Å². The highest BCUT2D eigenvalue weighted by Crippen LogP contribution is 2.36. The molecule has 2 aliphatic rings. The van der Waals surface area contributed by atoms with E-state index in [2.05, 4.69) is 48.3 Å². The van der Waals surface area contributed by atoms with E-state index >= 15 is 0 Å². The van der Waals surface area contributed by atoms with Crippen molar-refractivity contribution in [3.63, 3.8) is 0 Å². The number of halogens is 3. The molecule has 35 heavy (non-hydrogen) atoms. The maximum atomic E-state index is 13.5. The molecule has 1 saturated heterocycles. The van der Waals surface area contributed by atoms with Gasteiger partial charge in [0, 0.05) is 29.6 Å². The molecule has 2 N–H and O–H groups in total. The first-order valence-corrected chi connectivity index (χ1v) is 12.6. The number of nitrogens with one attached hydrogen (secondary N) is 2. The van der Waals surface area contributed by atoms with Gasteiger partial charge in [0.05, 0.1) is 11.1 Å². The van der Waals surface area contributed by atoms with Crippen LogP contribution in [0.3, 0.4) is 0 Å². The van der Waals surface area contributed by atoms with Gasteiger partial charge in [-0.15, -0.1) is 0 Å². The number of benzene rings is 1. The molecule has 1 saturated carbocycles. The Morgan fingerprint density at radius 1 is 1.11 bits per heavy atom. The summed E-state index contributed by atoms with van der Waals surface area (Å²) in [7, 11) is 0. The van der Waals surface area contributed by atoms with Gasteiger partial charge >= 0.3 is 6.18 Å². The van der Waals surface area contributed by atoms with Crippen LogP contribution in [0, 0.1) is 5.92 Å². The molecule has 0 radical (unpaired) electrons. The number of hydrogen-bond acceptors (Lipinski definition) is 5. The van der Waals surface area contributed by atoms with Gasteiger partial charge in [-0.1, -0.05) is 13.3 Å². The van der Waals surface area contributed by atoms with Crippen molar-refractivity contribution in [3.05, 3.63) is 30.1 Å². The van der Waals surface area contributed by atoms with E-state index < -0.39 is 17.8 Å². The van der Waals surface area contributed by atoms with Gasteiger partial charge in [0.1, 0.15) is 18.2 Å². The first-order chi connectivity index (χ1) is 16.5. The van der Waals surface area contributed by atoms with Crippen LogP contribution in [0.1, 0.15) is 71.8 Å². The number of carbonyl (C=O) groups excluding carboxylic acids is 1. The number of rotatable bonds is 6. The van der Waals surface area contributed by atoms with Crippen molar-refractivity contribution in [2.24, 2.45) is 5.92 Å². The molecule has 1 amide bonds. The van der Waals surface area contributed by atoms with Crippen molar-refractivity contribution < 1.29 is 18.0 Å². The second-order valence-electron chi connectivity index (χ2n) is 11.0. The van der Waals surface area contributed by atoms with Crippen LogP contribution in [-0.2, 0) is 11.0 Å². The third-order valence-electron chi connectivity index (χ3n) is 7.15. The number of hydrogen-bond donors (Lipinski definition) is 2. The van der Waals surface area contributed by atoms with Gasteiger partial charge in [-0.3, -0.25) is 4.79 Å². The standard InChI is InChI=1S/C26H36F3N5O/c1-5-6-16-13-18(33-25(2,3)4)8-10-22(16)34-12-11-21(24(34)35)32-23-19-14-17(26(27,28)29)7-9-20(19)30-15-31-23/h7,9,14-16,18,21-22,33H,5-6,8,10-13H2,1-4H3,(H,30,31,32)/t16-,18+,21?,22+/m1/s1. The lowest BCUT2D eigenvalue weighted by Crippen LogP contribution is -2.52. The largest absolute Gasteiger partial charge is 0.416 e. The highest BCUT2D eigenvalue weighted by atomic mass is 19.4. The van der Waals surface area contributed by atoms with Crippen LogP contribution >= 0.6 is 0 Å². The molecular formula is C26H36F3N5O. The molecule has 0 spiro atoms. The van der Waals surface area contributed by atoms with Crippen LogP contribution in [0.4, 0.5) is 19.0 Å². The smallest absolute Gasteiger partial charge is 0.358 e. The molecule has 4 atom stereocenters. The van der Waals surface area contributed by atoms with Gasteiger partial charge in [-0.25, -0.2) is 9.97 Å². The molecule has 9 heteroatoms. The number of anilines is 1. The Kier molecular flexibility index (Phi) is 7.27. The Hall–Kier alpha value is -2.42. The lowest BCUT2D eigenvalue weighted by atomic mass is 9.78. The number of alkyl halides is 3. The SMILES string of the molecule is CCC[C@@H]1C[C@@H](NC(C)(C)C)CC[C@@H]1N1CCC(Nc2ncnc3ccc(C(F)(F)F)cc23)C1=O. The summed E-state index contributed by atoms with van der Waals surface area (Å²) in [4.78, 5) is 23.7. The Labute approximate surface area is 205 Å². The number of aromatic nitrogens is 2. The Balaban J connectivity index is 1.49. The number of fused-ring (bicyclic) bond motifs is 1. The van der Waals surface area contributed by atoms with E-state index in [1.807, 2.05) is 4.90 Å². The van der Waals surface area contributed by atoms with E-state index in [1.54, 1.807) is 0 Å². The summed E-state index contributed by atoms with van der Waals surface area (Å²) in [5.74, 6) is 0.715. The fourth-order valence-corrected chi connectivity index (χ4v) is 5.76. The van der Waals surface area contributed by atoms with E-state index in [9.17, 15) is 18.0 Å².